The number of hydrogen-bond donors (Lipinski definition) is 0. The number of alkyl halides is 1. The third kappa shape index (κ3) is 4.31. The number of Topliss-reactive ketones (excluding diaryl/α,β-unsaturated/α-hetero) is 1. The maximum Gasteiger partial charge on any atom is 0.130 e. The average molecular weight is 179 g/mol. The molecular weight excluding hydrogens is 168 g/mol. The summed E-state index contributed by atoms with van der Waals surface area (Å²) in [7, 11) is 0. The van der Waals surface area contributed by atoms with Gasteiger partial charge in [-0.25, -0.2) is 0 Å². The largest absolute Gasteiger partial charge is 0.300 e. The Labute approximate surface area is 58.6 Å². The smallest absolute Gasteiger partial charge is 0.130 e. The molecule has 0 heterocycles. The molecule has 1 nitrogen and oxygen atoms in total. The van der Waals surface area contributed by atoms with Crippen molar-refractivity contribution in [3.63, 3.8) is 0 Å². The first-order valence-electron chi connectivity index (χ1n) is 2.72. The molecule has 0 spiro atoms. The van der Waals surface area contributed by atoms with Crippen LogP contribution < -0.4 is 0 Å². The fraction of sp³-hybridized carbons (Fsp3) is 0.833. The van der Waals surface area contributed by atoms with E-state index < -0.39 is 0 Å². The number of carbonyl (C=O) groups excluding carboxylic acids is 1. The van der Waals surface area contributed by atoms with Crippen molar-refractivity contribution in [1.82, 2.24) is 0 Å². The second-order valence-corrected chi connectivity index (χ2v) is 2.81. The van der Waals surface area contributed by atoms with E-state index in [1.165, 1.54) is 0 Å². The highest BCUT2D eigenvalue weighted by atomic mass is 79.9. The van der Waals surface area contributed by atoms with Crippen LogP contribution in [0.25, 0.3) is 0 Å². The zero-order valence-corrected chi connectivity index (χ0v) is 6.86. The van der Waals surface area contributed by atoms with Crippen molar-refractivity contribution in [3.8, 4) is 0 Å². The monoisotopic (exact) mass is 178 g/mol. The fourth-order valence-electron chi connectivity index (χ4n) is 0.545. The number of hydrogen-bond acceptors (Lipinski definition) is 1. The summed E-state index contributed by atoms with van der Waals surface area (Å²) in [6.07, 6.45) is 0.700. The van der Waals surface area contributed by atoms with Crippen LogP contribution >= 0.6 is 15.9 Å². The standard InChI is InChI=1S/C6H11BrO/c1-5(4-7)3-6(2)8/h5H,3-4H2,1-2H3/t5-/m0/s1. The van der Waals surface area contributed by atoms with E-state index in [0.717, 1.165) is 5.33 Å². The molecule has 0 bridgehead atoms. The van der Waals surface area contributed by atoms with Crippen LogP contribution in [0.3, 0.4) is 0 Å². The summed E-state index contributed by atoms with van der Waals surface area (Å²) in [6.45, 7) is 3.68. The van der Waals surface area contributed by atoms with Gasteiger partial charge in [0.25, 0.3) is 0 Å². The number of ketones is 1. The molecule has 0 rings (SSSR count). The molecule has 8 heavy (non-hydrogen) atoms. The predicted molar refractivity (Wildman–Crippen MR) is 38.3 cm³/mol. The van der Waals surface area contributed by atoms with Crippen molar-refractivity contribution in [1.29, 1.82) is 0 Å². The Bertz CT molecular complexity index is 80.6. The van der Waals surface area contributed by atoms with Crippen LogP contribution in [0, 0.1) is 5.92 Å². The molecule has 0 aliphatic heterocycles. The van der Waals surface area contributed by atoms with Crippen molar-refractivity contribution in [2.24, 2.45) is 5.92 Å². The lowest BCUT2D eigenvalue weighted by Crippen LogP contribution is -2.01. The van der Waals surface area contributed by atoms with Gasteiger partial charge in [0, 0.05) is 11.8 Å². The topological polar surface area (TPSA) is 17.1 Å². The van der Waals surface area contributed by atoms with E-state index >= 15 is 0 Å². The SMILES string of the molecule is CC(=O)C[C@H](C)CBr. The molecule has 0 fully saturated rings. The van der Waals surface area contributed by atoms with Gasteiger partial charge >= 0.3 is 0 Å². The summed E-state index contributed by atoms with van der Waals surface area (Å²) in [4.78, 5) is 10.4. The zero-order valence-electron chi connectivity index (χ0n) is 5.28. The Morgan fingerprint density at radius 2 is 2.25 bits per heavy atom. The molecule has 0 aliphatic carbocycles. The normalized spacial score (nSPS) is 13.4. The van der Waals surface area contributed by atoms with Crippen molar-refractivity contribution < 1.29 is 4.79 Å². The Morgan fingerprint density at radius 1 is 1.75 bits per heavy atom. The summed E-state index contributed by atoms with van der Waals surface area (Å²) in [6, 6.07) is 0. The lowest BCUT2D eigenvalue weighted by Gasteiger charge is -2.00. The van der Waals surface area contributed by atoms with E-state index in [-0.39, 0.29) is 5.78 Å². The molecule has 0 saturated heterocycles. The van der Waals surface area contributed by atoms with E-state index in [9.17, 15) is 4.79 Å². The summed E-state index contributed by atoms with van der Waals surface area (Å²) >= 11 is 3.29. The zero-order chi connectivity index (χ0) is 6.57. The summed E-state index contributed by atoms with van der Waals surface area (Å²) < 4.78 is 0. The van der Waals surface area contributed by atoms with E-state index in [2.05, 4.69) is 22.9 Å². The number of carbonyl (C=O) groups is 1. The van der Waals surface area contributed by atoms with Crippen LogP contribution in [-0.2, 0) is 4.79 Å². The highest BCUT2D eigenvalue weighted by molar-refractivity contribution is 9.09. The molecular formula is C6H11BrO. The average Bonchev–Trinajstić information content (AvgIpc) is 1.65. The van der Waals surface area contributed by atoms with Crippen LogP contribution in [0.1, 0.15) is 20.3 Å². The van der Waals surface area contributed by atoms with Gasteiger partial charge in [-0.1, -0.05) is 22.9 Å². The Morgan fingerprint density at radius 3 is 2.38 bits per heavy atom. The Kier molecular flexibility index (Phi) is 4.15. The van der Waals surface area contributed by atoms with Crippen LogP contribution in [0.4, 0.5) is 0 Å². The third-order valence-corrected chi connectivity index (χ3v) is 2.00. The molecule has 0 aromatic heterocycles. The first-order valence-corrected chi connectivity index (χ1v) is 3.84. The van der Waals surface area contributed by atoms with Gasteiger partial charge in [-0.2, -0.15) is 0 Å². The summed E-state index contributed by atoms with van der Waals surface area (Å²) in [5, 5.41) is 0.923. The van der Waals surface area contributed by atoms with Gasteiger partial charge in [0.05, 0.1) is 0 Å². The molecule has 48 valence electrons. The molecule has 0 aromatic carbocycles. The number of rotatable bonds is 3. The van der Waals surface area contributed by atoms with E-state index in [0.29, 0.717) is 12.3 Å². The summed E-state index contributed by atoms with van der Waals surface area (Å²) in [5.74, 6) is 0.768. The molecule has 0 aromatic rings. The molecule has 0 N–H and O–H groups in total. The first-order chi connectivity index (χ1) is 3.66. The van der Waals surface area contributed by atoms with Gasteiger partial charge in [-0.15, -0.1) is 0 Å². The first kappa shape index (κ1) is 8.15. The molecule has 0 radical (unpaired) electrons. The Balaban J connectivity index is 3.24. The maximum atomic E-state index is 10.4. The van der Waals surface area contributed by atoms with Gasteiger partial charge in [-0.05, 0) is 12.8 Å². The highest BCUT2D eigenvalue weighted by Gasteiger charge is 2.01. The van der Waals surface area contributed by atoms with E-state index in [1.54, 1.807) is 6.92 Å². The van der Waals surface area contributed by atoms with Gasteiger partial charge in [0.2, 0.25) is 0 Å². The maximum absolute atomic E-state index is 10.4. The summed E-state index contributed by atoms with van der Waals surface area (Å²) in [5.41, 5.74) is 0. The van der Waals surface area contributed by atoms with E-state index in [4.69, 9.17) is 0 Å². The van der Waals surface area contributed by atoms with Gasteiger partial charge < -0.3 is 4.79 Å². The minimum atomic E-state index is 0.275. The second kappa shape index (κ2) is 4.07. The van der Waals surface area contributed by atoms with Crippen LogP contribution in [0.2, 0.25) is 0 Å². The van der Waals surface area contributed by atoms with Crippen LogP contribution in [0.15, 0.2) is 0 Å². The van der Waals surface area contributed by atoms with Crippen molar-refractivity contribution in [2.45, 2.75) is 20.3 Å². The minimum Gasteiger partial charge on any atom is -0.300 e. The van der Waals surface area contributed by atoms with Crippen molar-refractivity contribution in [3.05, 3.63) is 0 Å². The van der Waals surface area contributed by atoms with Crippen LogP contribution in [-0.4, -0.2) is 11.1 Å². The molecule has 1 atom stereocenters. The van der Waals surface area contributed by atoms with Crippen molar-refractivity contribution in [2.75, 3.05) is 5.33 Å². The molecule has 0 aliphatic rings. The van der Waals surface area contributed by atoms with Crippen LogP contribution in [0.5, 0.6) is 0 Å². The molecule has 0 amide bonds. The second-order valence-electron chi connectivity index (χ2n) is 2.17. The Hall–Kier alpha value is 0.150. The lowest BCUT2D eigenvalue weighted by atomic mass is 10.1. The number of halogens is 1. The molecule has 0 unspecified atom stereocenters. The van der Waals surface area contributed by atoms with Gasteiger partial charge in [-0.3, -0.25) is 0 Å². The van der Waals surface area contributed by atoms with Gasteiger partial charge in [0.15, 0.2) is 0 Å². The fourth-order valence-corrected chi connectivity index (χ4v) is 0.774. The predicted octanol–water partition coefficient (Wildman–Crippen LogP) is 2.00. The van der Waals surface area contributed by atoms with Gasteiger partial charge in [0.1, 0.15) is 5.78 Å². The minimum absolute atomic E-state index is 0.275. The highest BCUT2D eigenvalue weighted by Crippen LogP contribution is 2.04. The molecule has 2 heteroatoms. The third-order valence-electron chi connectivity index (χ3n) is 0.899. The van der Waals surface area contributed by atoms with E-state index in [1.807, 2.05) is 0 Å². The quantitative estimate of drug-likeness (QED) is 0.605. The lowest BCUT2D eigenvalue weighted by molar-refractivity contribution is -0.117. The molecule has 0 saturated carbocycles. The van der Waals surface area contributed by atoms with Crippen molar-refractivity contribution >= 4 is 21.7 Å².